The minimum Gasteiger partial charge on any atom is -0.379 e. The summed E-state index contributed by atoms with van der Waals surface area (Å²) < 4.78 is 0. The number of carbonyl (C=O) groups is 2. The van der Waals surface area contributed by atoms with Crippen molar-refractivity contribution in [1.29, 1.82) is 0 Å². The number of amides is 1. The van der Waals surface area contributed by atoms with Gasteiger partial charge >= 0.3 is 0 Å². The Kier molecular flexibility index (Phi) is 8.76. The second-order valence-corrected chi connectivity index (χ2v) is 9.52. The highest BCUT2D eigenvalue weighted by Gasteiger charge is 2.24. The van der Waals surface area contributed by atoms with E-state index in [1.54, 1.807) is 6.92 Å². The van der Waals surface area contributed by atoms with Gasteiger partial charge < -0.3 is 15.1 Å². The lowest BCUT2D eigenvalue weighted by Crippen LogP contribution is -2.51. The van der Waals surface area contributed by atoms with Crippen molar-refractivity contribution in [1.82, 2.24) is 10.2 Å². The summed E-state index contributed by atoms with van der Waals surface area (Å²) >= 11 is 0. The molecule has 0 bridgehead atoms. The predicted octanol–water partition coefficient (Wildman–Crippen LogP) is 5.08. The van der Waals surface area contributed by atoms with Gasteiger partial charge in [0.1, 0.15) is 0 Å². The van der Waals surface area contributed by atoms with Crippen LogP contribution in [0.15, 0.2) is 40.6 Å². The fraction of sp³-hybridized carbons (Fsp3) is 0.571. The smallest absolute Gasteiger partial charge is 0.241 e. The SMILES string of the molecule is CC/C(C)=C(\C(C)=O)C1=C(NCC(=O)N2CCN(c3cccc(C)c3C)CC2)CCCCC1. The van der Waals surface area contributed by atoms with Crippen LogP contribution in [0.4, 0.5) is 5.69 Å². The van der Waals surface area contributed by atoms with Gasteiger partial charge in [0.15, 0.2) is 5.78 Å². The number of anilines is 1. The Bertz CT molecular complexity index is 936. The van der Waals surface area contributed by atoms with Crippen LogP contribution in [-0.4, -0.2) is 49.3 Å². The van der Waals surface area contributed by atoms with Crippen LogP contribution in [0.25, 0.3) is 0 Å². The molecule has 0 saturated carbocycles. The molecular formula is C28H41N3O2. The van der Waals surface area contributed by atoms with Crippen LogP contribution in [-0.2, 0) is 9.59 Å². The largest absolute Gasteiger partial charge is 0.379 e. The van der Waals surface area contributed by atoms with Crippen LogP contribution in [0.3, 0.4) is 0 Å². The molecule has 0 atom stereocenters. The first-order chi connectivity index (χ1) is 15.8. The van der Waals surface area contributed by atoms with E-state index >= 15 is 0 Å². The van der Waals surface area contributed by atoms with Crippen molar-refractivity contribution < 1.29 is 9.59 Å². The first-order valence-corrected chi connectivity index (χ1v) is 12.6. The minimum absolute atomic E-state index is 0.138. The summed E-state index contributed by atoms with van der Waals surface area (Å²) in [5, 5.41) is 3.47. The molecule has 1 heterocycles. The lowest BCUT2D eigenvalue weighted by molar-refractivity contribution is -0.130. The van der Waals surface area contributed by atoms with Crippen molar-refractivity contribution in [3.05, 3.63) is 51.7 Å². The first-order valence-electron chi connectivity index (χ1n) is 12.6. The van der Waals surface area contributed by atoms with E-state index in [0.29, 0.717) is 6.54 Å². The minimum atomic E-state index is 0.138. The second-order valence-electron chi connectivity index (χ2n) is 9.52. The molecule has 0 spiro atoms. The molecule has 180 valence electrons. The number of rotatable bonds is 7. The molecular weight excluding hydrogens is 410 g/mol. The third-order valence-electron chi connectivity index (χ3n) is 7.33. The number of hydrogen-bond acceptors (Lipinski definition) is 4. The maximum absolute atomic E-state index is 13.0. The third-order valence-corrected chi connectivity index (χ3v) is 7.33. The Balaban J connectivity index is 1.66. The highest BCUT2D eigenvalue weighted by molar-refractivity contribution is 5.98. The molecule has 2 aliphatic rings. The quantitative estimate of drug-likeness (QED) is 0.588. The van der Waals surface area contributed by atoms with Crippen molar-refractivity contribution >= 4 is 17.4 Å². The summed E-state index contributed by atoms with van der Waals surface area (Å²) in [5.41, 5.74) is 8.19. The number of carbonyl (C=O) groups excluding carboxylic acids is 2. The van der Waals surface area contributed by atoms with Gasteiger partial charge in [0.05, 0.1) is 6.54 Å². The Morgan fingerprint density at radius 3 is 2.33 bits per heavy atom. The maximum Gasteiger partial charge on any atom is 0.241 e. The fourth-order valence-electron chi connectivity index (χ4n) is 5.07. The lowest BCUT2D eigenvalue weighted by atomic mass is 9.91. The molecule has 1 aromatic rings. The van der Waals surface area contributed by atoms with E-state index in [1.165, 1.54) is 23.2 Å². The summed E-state index contributed by atoms with van der Waals surface area (Å²) in [4.78, 5) is 29.9. The van der Waals surface area contributed by atoms with Crippen molar-refractivity contribution in [2.45, 2.75) is 73.1 Å². The first kappa shape index (κ1) is 25.1. The molecule has 5 nitrogen and oxygen atoms in total. The second kappa shape index (κ2) is 11.5. The highest BCUT2D eigenvalue weighted by atomic mass is 16.2. The number of piperazine rings is 1. The normalized spacial score (nSPS) is 18.1. The van der Waals surface area contributed by atoms with Crippen LogP contribution in [0.5, 0.6) is 0 Å². The van der Waals surface area contributed by atoms with E-state index < -0.39 is 0 Å². The van der Waals surface area contributed by atoms with E-state index in [4.69, 9.17) is 0 Å². The van der Waals surface area contributed by atoms with Gasteiger partial charge in [0.25, 0.3) is 0 Å². The van der Waals surface area contributed by atoms with Gasteiger partial charge in [0, 0.05) is 43.1 Å². The Morgan fingerprint density at radius 2 is 1.67 bits per heavy atom. The molecule has 0 unspecified atom stereocenters. The molecule has 3 rings (SSSR count). The molecule has 1 saturated heterocycles. The summed E-state index contributed by atoms with van der Waals surface area (Å²) in [6.45, 7) is 13.7. The van der Waals surface area contributed by atoms with Gasteiger partial charge in [0.2, 0.25) is 5.91 Å². The van der Waals surface area contributed by atoms with E-state index in [0.717, 1.165) is 80.7 Å². The molecule has 5 heteroatoms. The van der Waals surface area contributed by atoms with Gasteiger partial charge in [-0.05, 0) is 82.6 Å². The van der Waals surface area contributed by atoms with Gasteiger partial charge in [-0.3, -0.25) is 9.59 Å². The molecule has 0 aromatic heterocycles. The Hall–Kier alpha value is -2.56. The molecule has 1 N–H and O–H groups in total. The summed E-state index contributed by atoms with van der Waals surface area (Å²) in [7, 11) is 0. The molecule has 1 aliphatic carbocycles. The van der Waals surface area contributed by atoms with Gasteiger partial charge in [-0.15, -0.1) is 0 Å². The Morgan fingerprint density at radius 1 is 0.970 bits per heavy atom. The van der Waals surface area contributed by atoms with Crippen LogP contribution in [0, 0.1) is 13.8 Å². The number of allylic oxidation sites excluding steroid dienone is 4. The van der Waals surface area contributed by atoms with Crippen LogP contribution in [0.2, 0.25) is 0 Å². The molecule has 1 fully saturated rings. The van der Waals surface area contributed by atoms with Crippen LogP contribution >= 0.6 is 0 Å². The lowest BCUT2D eigenvalue weighted by Gasteiger charge is -2.37. The van der Waals surface area contributed by atoms with Crippen molar-refractivity contribution in [3.63, 3.8) is 0 Å². The third kappa shape index (κ3) is 6.07. The summed E-state index contributed by atoms with van der Waals surface area (Å²) in [6, 6.07) is 6.44. The zero-order valence-corrected chi connectivity index (χ0v) is 21.2. The van der Waals surface area contributed by atoms with E-state index in [-0.39, 0.29) is 11.7 Å². The summed E-state index contributed by atoms with van der Waals surface area (Å²) in [5.74, 6) is 0.284. The van der Waals surface area contributed by atoms with Gasteiger partial charge in [-0.2, -0.15) is 0 Å². The zero-order valence-electron chi connectivity index (χ0n) is 21.2. The van der Waals surface area contributed by atoms with Gasteiger partial charge in [-0.25, -0.2) is 0 Å². The monoisotopic (exact) mass is 451 g/mol. The molecule has 0 radical (unpaired) electrons. The number of benzene rings is 1. The highest BCUT2D eigenvalue weighted by Crippen LogP contribution is 2.31. The Labute approximate surface area is 199 Å². The zero-order chi connectivity index (χ0) is 24.0. The standard InChI is InChI=1S/C28H41N3O2/c1-6-20(2)28(23(5)32)24-12-8-7-9-13-25(24)29-19-27(33)31-17-15-30(16-18-31)26-14-10-11-21(3)22(26)4/h10-11,14,29H,6-9,12-13,15-19H2,1-5H3/b28-20+. The average Bonchev–Trinajstić information content (AvgIpc) is 3.04. The number of ketones is 1. The molecule has 33 heavy (non-hydrogen) atoms. The van der Waals surface area contributed by atoms with Crippen molar-refractivity contribution in [2.75, 3.05) is 37.6 Å². The number of aryl methyl sites for hydroxylation is 1. The summed E-state index contributed by atoms with van der Waals surface area (Å²) in [6.07, 6.45) is 6.07. The predicted molar refractivity (Wildman–Crippen MR) is 136 cm³/mol. The van der Waals surface area contributed by atoms with Crippen molar-refractivity contribution in [3.8, 4) is 0 Å². The van der Waals surface area contributed by atoms with E-state index in [2.05, 4.69) is 56.1 Å². The van der Waals surface area contributed by atoms with Gasteiger partial charge in [-0.1, -0.05) is 31.1 Å². The molecule has 1 aliphatic heterocycles. The van der Waals surface area contributed by atoms with E-state index in [1.807, 2.05) is 4.90 Å². The number of nitrogens with zero attached hydrogens (tertiary/aromatic N) is 2. The number of hydrogen-bond donors (Lipinski definition) is 1. The topological polar surface area (TPSA) is 52.7 Å². The van der Waals surface area contributed by atoms with Crippen LogP contribution < -0.4 is 10.2 Å². The maximum atomic E-state index is 13.0. The fourth-order valence-corrected chi connectivity index (χ4v) is 5.07. The number of Topliss-reactive ketones (excluding diaryl/α,β-unsaturated/α-hetero) is 1. The molecule has 1 amide bonds. The van der Waals surface area contributed by atoms with E-state index in [9.17, 15) is 9.59 Å². The van der Waals surface area contributed by atoms with Crippen molar-refractivity contribution in [2.24, 2.45) is 0 Å². The molecule has 1 aromatic carbocycles. The number of nitrogens with one attached hydrogen (secondary N) is 1. The average molecular weight is 452 g/mol. The van der Waals surface area contributed by atoms with Crippen LogP contribution in [0.1, 0.15) is 70.4 Å².